The van der Waals surface area contributed by atoms with E-state index in [2.05, 4.69) is 21.3 Å². The molecule has 0 radical (unpaired) electrons. The second-order valence-electron chi connectivity index (χ2n) is 10.6. The van der Waals surface area contributed by atoms with E-state index < -0.39 is 71.5 Å². The molecular formula is C27H46N4O11S. The normalized spacial score (nSPS) is 14.4. The highest BCUT2D eigenvalue weighted by molar-refractivity contribution is 7.99. The second kappa shape index (κ2) is 19.6. The van der Waals surface area contributed by atoms with Crippen LogP contribution >= 0.6 is 11.8 Å². The zero-order valence-corrected chi connectivity index (χ0v) is 27.1. The monoisotopic (exact) mass is 634 g/mol. The SMILES string of the molecule is CCC(C)[C@H](NC(C)=O)C(=O)N[C@H](CCC(=O)N[C@H](CSC[C@H](NC(=O)OC(C)(C)C)C(=O)OC)C(=O)OC)C(=O)OC. The van der Waals surface area contributed by atoms with Gasteiger partial charge in [-0.3, -0.25) is 14.4 Å². The Hall–Kier alpha value is -3.56. The second-order valence-corrected chi connectivity index (χ2v) is 11.7. The highest BCUT2D eigenvalue weighted by Gasteiger charge is 2.31. The van der Waals surface area contributed by atoms with E-state index >= 15 is 0 Å². The van der Waals surface area contributed by atoms with Crippen molar-refractivity contribution in [3.05, 3.63) is 0 Å². The van der Waals surface area contributed by atoms with Gasteiger partial charge in [0.15, 0.2) is 0 Å². The van der Waals surface area contributed by atoms with Gasteiger partial charge in [0, 0.05) is 24.9 Å². The number of hydrogen-bond acceptors (Lipinski definition) is 12. The molecule has 0 bridgehead atoms. The number of alkyl carbamates (subject to hydrolysis) is 1. The molecule has 0 saturated heterocycles. The molecule has 16 heteroatoms. The van der Waals surface area contributed by atoms with E-state index in [4.69, 9.17) is 18.9 Å². The maximum atomic E-state index is 12.9. The standard InChI is InChI=1S/C27H46N4O11S/c1-10-15(2)21(28-16(3)32)22(34)30-17(23(35)39-7)11-12-20(33)29-18(24(36)40-8)13-43-14-19(25(37)41-9)31-26(38)42-27(4,5)6/h15,17-19,21H,10-14H2,1-9H3,(H,28,32)(H,29,33)(H,30,34)(H,31,38)/t15?,17-,18-,19+,21+/m1/s1. The van der Waals surface area contributed by atoms with Crippen molar-refractivity contribution in [2.24, 2.45) is 5.92 Å². The number of rotatable bonds is 17. The molecule has 246 valence electrons. The van der Waals surface area contributed by atoms with Crippen molar-refractivity contribution in [3.63, 3.8) is 0 Å². The van der Waals surface area contributed by atoms with Crippen molar-refractivity contribution in [1.29, 1.82) is 0 Å². The van der Waals surface area contributed by atoms with E-state index in [0.29, 0.717) is 6.42 Å². The van der Waals surface area contributed by atoms with E-state index in [1.807, 2.05) is 6.92 Å². The summed E-state index contributed by atoms with van der Waals surface area (Å²) in [6.45, 7) is 9.87. The molecule has 0 aromatic rings. The summed E-state index contributed by atoms with van der Waals surface area (Å²) >= 11 is 1.06. The van der Waals surface area contributed by atoms with Crippen LogP contribution in [0, 0.1) is 5.92 Å². The summed E-state index contributed by atoms with van der Waals surface area (Å²) in [5.41, 5.74) is -0.797. The van der Waals surface area contributed by atoms with Crippen LogP contribution < -0.4 is 21.3 Å². The number of thioether (sulfide) groups is 1. The summed E-state index contributed by atoms with van der Waals surface area (Å²) < 4.78 is 19.4. The molecule has 4 amide bonds. The van der Waals surface area contributed by atoms with Gasteiger partial charge in [-0.1, -0.05) is 20.3 Å². The molecule has 0 saturated carbocycles. The van der Waals surface area contributed by atoms with Gasteiger partial charge in [-0.05, 0) is 33.1 Å². The van der Waals surface area contributed by atoms with Gasteiger partial charge in [0.25, 0.3) is 0 Å². The molecule has 0 heterocycles. The number of amides is 4. The van der Waals surface area contributed by atoms with E-state index in [0.717, 1.165) is 33.1 Å². The predicted octanol–water partition coefficient (Wildman–Crippen LogP) is 0.433. The maximum Gasteiger partial charge on any atom is 0.408 e. The number of carbonyl (C=O) groups is 7. The first-order valence-corrected chi connectivity index (χ1v) is 14.8. The summed E-state index contributed by atoms with van der Waals surface area (Å²) in [5, 5.41) is 10.0. The molecule has 43 heavy (non-hydrogen) atoms. The molecule has 0 aromatic heterocycles. The largest absolute Gasteiger partial charge is 0.467 e. The molecule has 0 aliphatic heterocycles. The fraction of sp³-hybridized carbons (Fsp3) is 0.741. The van der Waals surface area contributed by atoms with Crippen LogP contribution in [0.3, 0.4) is 0 Å². The van der Waals surface area contributed by atoms with Crippen molar-refractivity contribution >= 4 is 53.5 Å². The summed E-state index contributed by atoms with van der Waals surface area (Å²) in [4.78, 5) is 86.2. The Morgan fingerprint density at radius 2 is 1.23 bits per heavy atom. The quantitative estimate of drug-likeness (QED) is 0.127. The van der Waals surface area contributed by atoms with Crippen molar-refractivity contribution in [2.75, 3.05) is 32.8 Å². The van der Waals surface area contributed by atoms with Crippen molar-refractivity contribution in [3.8, 4) is 0 Å². The van der Waals surface area contributed by atoms with Crippen LogP contribution in [0.15, 0.2) is 0 Å². The Morgan fingerprint density at radius 1 is 0.744 bits per heavy atom. The third kappa shape index (κ3) is 16.0. The molecule has 4 N–H and O–H groups in total. The highest BCUT2D eigenvalue weighted by atomic mass is 32.2. The van der Waals surface area contributed by atoms with Crippen molar-refractivity contribution < 1.29 is 52.5 Å². The van der Waals surface area contributed by atoms with Crippen LogP contribution in [0.4, 0.5) is 4.79 Å². The molecule has 0 aromatic carbocycles. The van der Waals surface area contributed by atoms with E-state index in [-0.39, 0.29) is 30.3 Å². The van der Waals surface area contributed by atoms with E-state index in [1.165, 1.54) is 6.92 Å². The molecule has 0 spiro atoms. The molecule has 5 atom stereocenters. The fourth-order valence-electron chi connectivity index (χ4n) is 3.49. The molecule has 1 unspecified atom stereocenters. The molecule has 0 aliphatic rings. The van der Waals surface area contributed by atoms with Gasteiger partial charge in [-0.15, -0.1) is 0 Å². The van der Waals surface area contributed by atoms with Gasteiger partial charge in [0.05, 0.1) is 21.3 Å². The Morgan fingerprint density at radius 3 is 1.67 bits per heavy atom. The fourth-order valence-corrected chi connectivity index (χ4v) is 4.54. The molecular weight excluding hydrogens is 588 g/mol. The first-order valence-electron chi connectivity index (χ1n) is 13.7. The average Bonchev–Trinajstić information content (AvgIpc) is 2.93. The molecule has 0 aliphatic carbocycles. The van der Waals surface area contributed by atoms with Crippen LogP contribution in [0.5, 0.6) is 0 Å². The molecule has 0 fully saturated rings. The van der Waals surface area contributed by atoms with Crippen LogP contribution in [0.25, 0.3) is 0 Å². The highest BCUT2D eigenvalue weighted by Crippen LogP contribution is 2.12. The predicted molar refractivity (Wildman–Crippen MR) is 157 cm³/mol. The lowest BCUT2D eigenvalue weighted by atomic mass is 9.97. The Labute approximate surface area is 256 Å². The average molecular weight is 635 g/mol. The summed E-state index contributed by atoms with van der Waals surface area (Å²) in [7, 11) is 3.42. The van der Waals surface area contributed by atoms with Gasteiger partial charge in [0.1, 0.15) is 29.8 Å². The maximum absolute atomic E-state index is 12.9. The number of methoxy groups -OCH3 is 3. The zero-order chi connectivity index (χ0) is 33.3. The van der Waals surface area contributed by atoms with Gasteiger partial charge in [0.2, 0.25) is 17.7 Å². The van der Waals surface area contributed by atoms with Crippen LogP contribution in [-0.4, -0.2) is 104 Å². The minimum Gasteiger partial charge on any atom is -0.467 e. The Kier molecular flexibility index (Phi) is 18.0. The summed E-state index contributed by atoms with van der Waals surface area (Å²) in [6, 6.07) is -4.33. The molecule has 15 nitrogen and oxygen atoms in total. The molecule has 0 rings (SSSR count). The van der Waals surface area contributed by atoms with Gasteiger partial charge >= 0.3 is 24.0 Å². The Balaban J connectivity index is 5.34. The smallest absolute Gasteiger partial charge is 0.408 e. The van der Waals surface area contributed by atoms with Gasteiger partial charge in [-0.2, -0.15) is 11.8 Å². The summed E-state index contributed by atoms with van der Waals surface area (Å²) in [6.07, 6.45) is -0.699. The lowest BCUT2D eigenvalue weighted by molar-refractivity contribution is -0.146. The van der Waals surface area contributed by atoms with E-state index in [1.54, 1.807) is 27.7 Å². The number of hydrogen-bond donors (Lipinski definition) is 4. The number of nitrogens with one attached hydrogen (secondary N) is 4. The van der Waals surface area contributed by atoms with Crippen LogP contribution in [-0.2, 0) is 47.7 Å². The first kappa shape index (κ1) is 39.4. The third-order valence-corrected chi connectivity index (χ3v) is 7.02. The van der Waals surface area contributed by atoms with Gasteiger partial charge < -0.3 is 40.2 Å². The lowest BCUT2D eigenvalue weighted by Gasteiger charge is -2.25. The summed E-state index contributed by atoms with van der Waals surface area (Å²) in [5.74, 6) is -4.23. The topological polar surface area (TPSA) is 205 Å². The number of esters is 3. The van der Waals surface area contributed by atoms with Crippen molar-refractivity contribution in [2.45, 2.75) is 90.6 Å². The number of carbonyl (C=O) groups excluding carboxylic acids is 7. The van der Waals surface area contributed by atoms with Gasteiger partial charge in [-0.25, -0.2) is 19.2 Å². The zero-order valence-electron chi connectivity index (χ0n) is 26.3. The van der Waals surface area contributed by atoms with Crippen molar-refractivity contribution in [1.82, 2.24) is 21.3 Å². The van der Waals surface area contributed by atoms with E-state index in [9.17, 15) is 33.6 Å². The van der Waals surface area contributed by atoms with Crippen LogP contribution in [0.2, 0.25) is 0 Å². The number of ether oxygens (including phenoxy) is 4. The third-order valence-electron chi connectivity index (χ3n) is 5.88. The minimum atomic E-state index is -1.20. The van der Waals surface area contributed by atoms with Crippen LogP contribution in [0.1, 0.15) is 60.8 Å². The lowest BCUT2D eigenvalue weighted by Crippen LogP contribution is -2.54. The minimum absolute atomic E-state index is 0.0165. The Bertz CT molecular complexity index is 986. The first-order chi connectivity index (χ1) is 20.0.